The first-order valence-electron chi connectivity index (χ1n) is 25.0. The number of ether oxygens (including phenoxy) is 1. The molecule has 4 aromatic rings. The van der Waals surface area contributed by atoms with Gasteiger partial charge in [-0.1, -0.05) is 60.3 Å². The molecule has 21 heteroatoms. The molecule has 4 aromatic carbocycles. The number of nitrogens with two attached hydrogens (primary N) is 1. The standard InChI is InChI=1S/C53H63ClF3N6O4S2.H3NO2S.Y/c54-44-11-6-40(7-12-44)48-16-20-52(37-62(38-52)34-39-17-21-58-22-18-39)33-43(48)35-61-24-26-63(27-25-61)46-13-8-41(9-14-46)51(64)42-10-15-49(50(32-42)66-67-69-53(55,56)57)59-45(19-23-60-28-30-65-31-29-60)36-68-47-4-2-1-3-5-47;1-4(2)3;/h1-15,32,39,45,59H,16-31,33-38H2;1H2,(H,2,3);/q-1;;/p-1. The zero-order valence-corrected chi connectivity index (χ0v) is 47.6. The fourth-order valence-electron chi connectivity index (χ4n) is 10.7. The van der Waals surface area contributed by atoms with Crippen molar-refractivity contribution in [2.75, 3.05) is 114 Å². The third-order valence-electron chi connectivity index (χ3n) is 14.4. The topological polar surface area (TPSA) is 150 Å². The molecule has 0 amide bonds. The zero-order chi connectivity index (χ0) is 51.2. The minimum atomic E-state index is -4.68. The van der Waals surface area contributed by atoms with Crippen molar-refractivity contribution >= 4 is 69.4 Å². The molecule has 4 aliphatic heterocycles. The molecule has 0 aromatic heterocycles. The van der Waals surface area contributed by atoms with Gasteiger partial charge in [0.25, 0.3) is 0 Å². The van der Waals surface area contributed by atoms with Gasteiger partial charge in [0, 0.05) is 154 Å². The number of hydrogen-bond acceptors (Lipinski definition) is 13. The number of benzene rings is 4. The molecule has 4 saturated heterocycles. The molecule has 399 valence electrons. The molecule has 2 unspecified atom stereocenters. The number of ketones is 1. The minimum Gasteiger partial charge on any atom is -0.760 e. The fraction of sp³-hybridized carbons (Fsp3) is 0.491. The van der Waals surface area contributed by atoms with Crippen LogP contribution in [0.15, 0.2) is 108 Å². The van der Waals surface area contributed by atoms with Crippen LogP contribution < -0.4 is 20.2 Å². The number of piperidine rings is 1. The second-order valence-electron chi connectivity index (χ2n) is 19.5. The van der Waals surface area contributed by atoms with Gasteiger partial charge < -0.3 is 34.6 Å². The number of anilines is 2. The van der Waals surface area contributed by atoms with Gasteiger partial charge in [-0.05, 0) is 115 Å². The predicted molar refractivity (Wildman–Crippen MR) is 287 cm³/mol. The van der Waals surface area contributed by atoms with Crippen LogP contribution in [0.4, 0.5) is 24.5 Å². The Balaban J connectivity index is 0.00000154. The molecule has 5 aliphatic rings. The summed E-state index contributed by atoms with van der Waals surface area (Å²) in [5.74, 6) is 1.19. The number of piperazine rings is 1. The van der Waals surface area contributed by atoms with E-state index in [1.807, 2.05) is 54.6 Å². The molecule has 3 N–H and O–H groups in total. The van der Waals surface area contributed by atoms with Gasteiger partial charge in [0.2, 0.25) is 0 Å². The first-order valence-corrected chi connectivity index (χ1v) is 28.3. The van der Waals surface area contributed by atoms with Crippen LogP contribution >= 0.6 is 35.4 Å². The van der Waals surface area contributed by atoms with Crippen LogP contribution in [0.1, 0.15) is 60.0 Å². The van der Waals surface area contributed by atoms with E-state index in [2.05, 4.69) is 64.0 Å². The number of nitrogens with one attached hydrogen (secondary N) is 1. The predicted octanol–water partition coefficient (Wildman–Crippen LogP) is 9.93. The van der Waals surface area contributed by atoms with Gasteiger partial charge in [-0.15, -0.1) is 29.2 Å². The van der Waals surface area contributed by atoms with E-state index < -0.39 is 28.8 Å². The van der Waals surface area contributed by atoms with E-state index in [9.17, 15) is 18.0 Å². The Labute approximate surface area is 475 Å². The van der Waals surface area contributed by atoms with Crippen LogP contribution in [-0.2, 0) is 53.0 Å². The summed E-state index contributed by atoms with van der Waals surface area (Å²) < 4.78 is 67.2. The summed E-state index contributed by atoms with van der Waals surface area (Å²) in [6.45, 7) is 14.1. The number of hydrogen-bond donors (Lipinski definition) is 2. The molecule has 9 rings (SSSR count). The van der Waals surface area contributed by atoms with Crippen molar-refractivity contribution in [3.63, 3.8) is 0 Å². The van der Waals surface area contributed by atoms with Crippen molar-refractivity contribution in [3.8, 4) is 5.75 Å². The SMILES string of the molecule is NS(=O)[O-].O=C(c1ccc(N2CCN(CC3=C(c4ccc(Cl)cc4)CCC4(C3)CN(CC3CC[N-]CC3)C4)CC2)cc1)c1ccc(NC(CCN2CCOCC2)CSc2ccccc2)c(OOSC(F)(F)F)c1.[Y]. The third-order valence-corrected chi connectivity index (χ3v) is 16.1. The summed E-state index contributed by atoms with van der Waals surface area (Å²) in [6, 6.07) is 30.8. The number of carbonyl (C=O) groups is 1. The summed E-state index contributed by atoms with van der Waals surface area (Å²) in [4.78, 5) is 30.4. The number of rotatable bonds is 19. The summed E-state index contributed by atoms with van der Waals surface area (Å²) in [6.07, 6.45) is 6.71. The van der Waals surface area contributed by atoms with Crippen molar-refractivity contribution in [2.45, 2.75) is 55.0 Å². The zero-order valence-electron chi connectivity index (χ0n) is 41.5. The molecule has 1 radical (unpaired) electrons. The van der Waals surface area contributed by atoms with Gasteiger partial charge in [0.05, 0.1) is 18.9 Å². The van der Waals surface area contributed by atoms with E-state index in [0.29, 0.717) is 35.6 Å². The number of alkyl halides is 3. The van der Waals surface area contributed by atoms with E-state index in [0.717, 1.165) is 106 Å². The Hall–Kier alpha value is -2.60. The Morgan fingerprint density at radius 1 is 0.919 bits per heavy atom. The van der Waals surface area contributed by atoms with Gasteiger partial charge in [0.15, 0.2) is 23.6 Å². The Morgan fingerprint density at radius 3 is 2.27 bits per heavy atom. The van der Waals surface area contributed by atoms with Crippen molar-refractivity contribution in [1.82, 2.24) is 14.7 Å². The van der Waals surface area contributed by atoms with E-state index >= 15 is 0 Å². The molecule has 0 bridgehead atoms. The molecule has 4 heterocycles. The molecule has 4 fully saturated rings. The first-order chi connectivity index (χ1) is 35.3. The quantitative estimate of drug-likeness (QED) is 0.0229. The van der Waals surface area contributed by atoms with Crippen molar-refractivity contribution < 1.29 is 73.4 Å². The largest absolute Gasteiger partial charge is 0.760 e. The Morgan fingerprint density at radius 2 is 1.59 bits per heavy atom. The van der Waals surface area contributed by atoms with Crippen LogP contribution in [0.3, 0.4) is 0 Å². The summed E-state index contributed by atoms with van der Waals surface area (Å²) >= 11 is 4.92. The number of carbonyl (C=O) groups excluding carboxylic acids is 1. The van der Waals surface area contributed by atoms with Crippen molar-refractivity contribution in [2.24, 2.45) is 16.5 Å². The summed E-state index contributed by atoms with van der Waals surface area (Å²) in [5.41, 5.74) is 2.27. The first kappa shape index (κ1) is 59.1. The number of likely N-dealkylation sites (tertiary alicyclic amines) is 1. The van der Waals surface area contributed by atoms with E-state index in [1.54, 1.807) is 29.5 Å². The normalized spacial score (nSPS) is 19.7. The van der Waals surface area contributed by atoms with Gasteiger partial charge in [-0.2, -0.15) is 13.2 Å². The second kappa shape index (κ2) is 28.9. The monoisotopic (exact) mass is 1170 g/mol. The summed E-state index contributed by atoms with van der Waals surface area (Å²) in [7, 11) is 0. The molecular weight excluding hydrogens is 1110 g/mol. The smallest absolute Gasteiger partial charge is 0.471 e. The van der Waals surface area contributed by atoms with E-state index in [1.165, 1.54) is 56.1 Å². The fourth-order valence-corrected chi connectivity index (χ4v) is 12.0. The van der Waals surface area contributed by atoms with Gasteiger partial charge >= 0.3 is 5.51 Å². The number of allylic oxidation sites excluding steroid dienone is 1. The molecule has 74 heavy (non-hydrogen) atoms. The van der Waals surface area contributed by atoms with Crippen molar-refractivity contribution in [1.29, 1.82) is 0 Å². The number of morpholine rings is 1. The number of nitrogens with zero attached hydrogens (tertiary/aromatic N) is 5. The van der Waals surface area contributed by atoms with E-state index in [-0.39, 0.29) is 55.8 Å². The molecule has 13 nitrogen and oxygen atoms in total. The average Bonchev–Trinajstić information content (AvgIpc) is 3.38. The maximum absolute atomic E-state index is 14.0. The van der Waals surface area contributed by atoms with Crippen LogP contribution in [0.5, 0.6) is 5.75 Å². The number of halogens is 4. The van der Waals surface area contributed by atoms with Crippen molar-refractivity contribution in [3.05, 3.63) is 130 Å². The minimum absolute atomic E-state index is 0. The summed E-state index contributed by atoms with van der Waals surface area (Å²) in [5, 5.41) is 12.9. The Bertz CT molecular complexity index is 2440. The molecule has 1 spiro atoms. The molecule has 2 atom stereocenters. The van der Waals surface area contributed by atoms with E-state index in [4.69, 9.17) is 30.0 Å². The van der Waals surface area contributed by atoms with Gasteiger partial charge in [-0.3, -0.25) is 23.9 Å². The van der Waals surface area contributed by atoms with Crippen LogP contribution in [0.2, 0.25) is 5.02 Å². The maximum Gasteiger partial charge on any atom is 0.471 e. The molecular formula is C53H65ClF3N7O6S3Y-2. The average molecular weight is 1170 g/mol. The van der Waals surface area contributed by atoms with Gasteiger partial charge in [-0.25, -0.2) is 0 Å². The van der Waals surface area contributed by atoms with Crippen LogP contribution in [0.25, 0.3) is 10.9 Å². The third kappa shape index (κ3) is 18.0. The molecule has 1 aliphatic carbocycles. The maximum atomic E-state index is 14.0. The Kier molecular flexibility index (Phi) is 23.0. The number of thioether (sulfide) groups is 1. The van der Waals surface area contributed by atoms with Crippen LogP contribution in [-0.4, -0.2) is 145 Å². The van der Waals surface area contributed by atoms with Crippen LogP contribution in [0, 0.1) is 11.3 Å². The second-order valence-corrected chi connectivity index (χ2v) is 22.4. The van der Waals surface area contributed by atoms with Gasteiger partial charge in [0.1, 0.15) is 0 Å². The molecule has 0 saturated carbocycles.